The van der Waals surface area contributed by atoms with Crippen LogP contribution in [0, 0.1) is 18.4 Å². The van der Waals surface area contributed by atoms with Crippen LogP contribution in [0.4, 0.5) is 0 Å². The number of aryl methyl sites for hydroxylation is 1. The molecule has 1 fully saturated rings. The molecule has 1 aromatic carbocycles. The fourth-order valence-corrected chi connectivity index (χ4v) is 4.01. The number of ether oxygens (including phenoxy) is 2. The Kier molecular flexibility index (Phi) is 5.32. The Bertz CT molecular complexity index is 680. The number of esters is 1. The number of rotatable bonds is 2. The molecule has 0 bridgehead atoms. The van der Waals surface area contributed by atoms with Gasteiger partial charge in [0.1, 0.15) is 5.76 Å². The minimum absolute atomic E-state index is 0. The molecule has 0 amide bonds. The molecule has 1 N–H and O–H groups in total. The summed E-state index contributed by atoms with van der Waals surface area (Å²) in [4.78, 5) is 12.5. The van der Waals surface area contributed by atoms with Gasteiger partial charge in [0.25, 0.3) is 5.97 Å². The Morgan fingerprint density at radius 2 is 2.08 bits per heavy atom. The van der Waals surface area contributed by atoms with E-state index in [0.29, 0.717) is 18.4 Å². The van der Waals surface area contributed by atoms with Crippen molar-refractivity contribution in [3.8, 4) is 0 Å². The molecule has 0 aromatic heterocycles. The zero-order valence-electron chi connectivity index (χ0n) is 14.5. The maximum absolute atomic E-state index is 12.5. The predicted octanol–water partition coefficient (Wildman–Crippen LogP) is 3.58. The van der Waals surface area contributed by atoms with Crippen LogP contribution in [-0.2, 0) is 35.3 Å². The van der Waals surface area contributed by atoms with E-state index >= 15 is 0 Å². The molecule has 5 heteroatoms. The molecule has 2 unspecified atom stereocenters. The topological polar surface area (TPSA) is 55.8 Å². The smallest absolute Gasteiger partial charge is 0.300 e. The molecule has 2 atom stereocenters. The molecular weight excluding hydrogens is 476 g/mol. The van der Waals surface area contributed by atoms with Crippen molar-refractivity contribution in [1.82, 2.24) is 0 Å². The van der Waals surface area contributed by atoms with Crippen LogP contribution in [0.25, 0.3) is 5.57 Å². The number of benzene rings is 1. The van der Waals surface area contributed by atoms with E-state index in [-0.39, 0.29) is 43.9 Å². The zero-order valence-corrected chi connectivity index (χ0v) is 17.4. The first kappa shape index (κ1) is 19.2. The van der Waals surface area contributed by atoms with Crippen molar-refractivity contribution in [3.05, 3.63) is 41.2 Å². The Hall–Kier alpha value is -1.12. The molecule has 0 saturated heterocycles. The van der Waals surface area contributed by atoms with Gasteiger partial charge in [-0.1, -0.05) is 20.8 Å². The molecule has 1 spiro atoms. The molecule has 130 valence electrons. The van der Waals surface area contributed by atoms with Gasteiger partial charge in [0.05, 0.1) is 6.10 Å². The summed E-state index contributed by atoms with van der Waals surface area (Å²) in [5, 5.41) is 10.9. The summed E-state index contributed by atoms with van der Waals surface area (Å²) in [6.45, 7) is 6.12. The van der Waals surface area contributed by atoms with Crippen LogP contribution >= 0.6 is 0 Å². The standard InChI is InChI=1S/C19H23O4.W/c1-12-7-5-6-8-14(12)15-16(20)19(23-17(15)21)10-13(22-4)9-18(2,3)11-19;/h5-7,13,20H,9-11H2,1-4H3;/q-1;. The van der Waals surface area contributed by atoms with E-state index in [9.17, 15) is 9.90 Å². The van der Waals surface area contributed by atoms with Crippen LogP contribution in [0.5, 0.6) is 0 Å². The van der Waals surface area contributed by atoms with E-state index in [1.807, 2.05) is 19.1 Å². The van der Waals surface area contributed by atoms with Gasteiger partial charge in [-0.3, -0.25) is 4.79 Å². The number of aliphatic hydroxyl groups is 1. The molecule has 1 aliphatic heterocycles. The first-order chi connectivity index (χ1) is 10.8. The van der Waals surface area contributed by atoms with E-state index in [1.165, 1.54) is 0 Å². The largest absolute Gasteiger partial charge is 0.517 e. The van der Waals surface area contributed by atoms with Crippen LogP contribution in [-0.4, -0.2) is 29.9 Å². The molecular formula is C19H23O4W-. The summed E-state index contributed by atoms with van der Waals surface area (Å²) < 4.78 is 11.3. The van der Waals surface area contributed by atoms with Crippen molar-refractivity contribution >= 4 is 11.5 Å². The summed E-state index contributed by atoms with van der Waals surface area (Å²) >= 11 is 0. The molecule has 1 heterocycles. The molecule has 4 nitrogen and oxygen atoms in total. The van der Waals surface area contributed by atoms with Gasteiger partial charge in [0, 0.05) is 40.2 Å². The summed E-state index contributed by atoms with van der Waals surface area (Å²) in [5.41, 5.74) is 0.685. The van der Waals surface area contributed by atoms with Gasteiger partial charge < -0.3 is 14.6 Å². The van der Waals surface area contributed by atoms with Crippen molar-refractivity contribution in [1.29, 1.82) is 0 Å². The summed E-state index contributed by atoms with van der Waals surface area (Å²) in [6, 6.07) is 8.55. The number of carbonyl (C=O) groups excluding carboxylic acids is 1. The number of aliphatic hydroxyl groups excluding tert-OH is 1. The normalized spacial score (nSPS) is 28.7. The van der Waals surface area contributed by atoms with E-state index < -0.39 is 11.6 Å². The number of hydrogen-bond donors (Lipinski definition) is 1. The molecule has 1 saturated carbocycles. The first-order valence-corrected chi connectivity index (χ1v) is 7.95. The van der Waals surface area contributed by atoms with E-state index in [2.05, 4.69) is 19.9 Å². The summed E-state index contributed by atoms with van der Waals surface area (Å²) in [6.07, 6.45) is 1.91. The van der Waals surface area contributed by atoms with Crippen molar-refractivity contribution in [2.24, 2.45) is 5.41 Å². The van der Waals surface area contributed by atoms with Gasteiger partial charge in [-0.2, -0.15) is 0 Å². The van der Waals surface area contributed by atoms with Crippen molar-refractivity contribution in [2.45, 2.75) is 51.7 Å². The van der Waals surface area contributed by atoms with Crippen molar-refractivity contribution in [3.63, 3.8) is 0 Å². The van der Waals surface area contributed by atoms with Gasteiger partial charge in [0.15, 0.2) is 5.60 Å². The maximum atomic E-state index is 12.5. The third-order valence-electron chi connectivity index (χ3n) is 4.91. The number of carbonyl (C=O) groups is 1. The minimum atomic E-state index is -0.981. The van der Waals surface area contributed by atoms with E-state index in [0.717, 1.165) is 12.0 Å². The Balaban J connectivity index is 0.00000208. The predicted molar refractivity (Wildman–Crippen MR) is 86.8 cm³/mol. The second-order valence-electron chi connectivity index (χ2n) is 7.44. The Labute approximate surface area is 157 Å². The summed E-state index contributed by atoms with van der Waals surface area (Å²) in [7, 11) is 1.66. The van der Waals surface area contributed by atoms with Gasteiger partial charge in [-0.05, 0) is 18.3 Å². The first-order valence-electron chi connectivity index (χ1n) is 7.95. The van der Waals surface area contributed by atoms with Crippen molar-refractivity contribution < 1.29 is 40.4 Å². The van der Waals surface area contributed by atoms with Gasteiger partial charge in [0.2, 0.25) is 0 Å². The third-order valence-corrected chi connectivity index (χ3v) is 4.91. The maximum Gasteiger partial charge on any atom is 0.300 e. The zero-order chi connectivity index (χ0) is 16.8. The van der Waals surface area contributed by atoms with Gasteiger partial charge >= 0.3 is 0 Å². The second kappa shape index (κ2) is 6.65. The fraction of sp³-hybridized carbons (Fsp3) is 0.526. The number of methoxy groups -OCH3 is 1. The fourth-order valence-electron chi connectivity index (χ4n) is 4.01. The molecule has 1 aliphatic carbocycles. The van der Waals surface area contributed by atoms with Crippen LogP contribution in [0.1, 0.15) is 44.2 Å². The molecule has 24 heavy (non-hydrogen) atoms. The third kappa shape index (κ3) is 3.19. The SMILES string of the molecule is COC1CC(C)(C)CC2(C1)OC(=O)C(c1[c-]cccc1C)=C2O.[W]. The average molecular weight is 499 g/mol. The Morgan fingerprint density at radius 1 is 1.38 bits per heavy atom. The van der Waals surface area contributed by atoms with E-state index in [1.54, 1.807) is 13.2 Å². The number of hydrogen-bond acceptors (Lipinski definition) is 4. The Morgan fingerprint density at radius 3 is 2.71 bits per heavy atom. The van der Waals surface area contributed by atoms with Crippen molar-refractivity contribution in [2.75, 3.05) is 7.11 Å². The molecule has 3 rings (SSSR count). The quantitative estimate of drug-likeness (QED) is 0.500. The monoisotopic (exact) mass is 499 g/mol. The van der Waals surface area contributed by atoms with Crippen LogP contribution in [0.15, 0.2) is 24.0 Å². The van der Waals surface area contributed by atoms with Crippen LogP contribution in [0.2, 0.25) is 0 Å². The summed E-state index contributed by atoms with van der Waals surface area (Å²) in [5.74, 6) is -0.441. The minimum Gasteiger partial charge on any atom is -0.517 e. The van der Waals surface area contributed by atoms with Gasteiger partial charge in [-0.15, -0.1) is 35.4 Å². The second-order valence-corrected chi connectivity index (χ2v) is 7.44. The molecule has 2 aliphatic rings. The van der Waals surface area contributed by atoms with Crippen LogP contribution in [0.3, 0.4) is 0 Å². The molecule has 1 aromatic rings. The molecule has 0 radical (unpaired) electrons. The average Bonchev–Trinajstić information content (AvgIpc) is 2.68. The van der Waals surface area contributed by atoms with Gasteiger partial charge in [-0.25, -0.2) is 0 Å². The van der Waals surface area contributed by atoms with E-state index in [4.69, 9.17) is 9.47 Å². The van der Waals surface area contributed by atoms with Crippen LogP contribution < -0.4 is 0 Å².